The van der Waals surface area contributed by atoms with E-state index in [1.807, 2.05) is 55.9 Å². The molecule has 1 fully saturated rings. The number of fused-ring (bicyclic) bond motifs is 3. The van der Waals surface area contributed by atoms with Crippen molar-refractivity contribution in [3.05, 3.63) is 77.4 Å². The Kier molecular flexibility index (Phi) is 6.28. The average Bonchev–Trinajstić information content (AvgIpc) is 3.54. The van der Waals surface area contributed by atoms with Crippen LogP contribution in [0.25, 0.3) is 0 Å². The zero-order valence-electron chi connectivity index (χ0n) is 20.9. The lowest BCUT2D eigenvalue weighted by Crippen LogP contribution is -2.49. The highest BCUT2D eigenvalue weighted by atomic mass is 19.1. The van der Waals surface area contributed by atoms with Crippen molar-refractivity contribution in [3.63, 3.8) is 0 Å². The normalized spacial score (nSPS) is 20.1. The fourth-order valence-corrected chi connectivity index (χ4v) is 5.25. The summed E-state index contributed by atoms with van der Waals surface area (Å²) in [5.74, 6) is 0.0317. The number of hydrogen-bond donors (Lipinski definition) is 0. The molecule has 1 aliphatic carbocycles. The molecule has 2 aliphatic rings. The summed E-state index contributed by atoms with van der Waals surface area (Å²) in [6, 6.07) is 13.6. The van der Waals surface area contributed by atoms with Gasteiger partial charge in [-0.05, 0) is 63.1 Å². The van der Waals surface area contributed by atoms with Crippen LogP contribution in [-0.2, 0) is 22.7 Å². The third-order valence-electron chi connectivity index (χ3n) is 7.55. The summed E-state index contributed by atoms with van der Waals surface area (Å²) in [6.07, 6.45) is 2.48. The van der Waals surface area contributed by atoms with E-state index >= 15 is 0 Å². The Bertz CT molecular complexity index is 1290. The fraction of sp³-hybridized carbons (Fsp3) is 0.393. The van der Waals surface area contributed by atoms with Gasteiger partial charge in [0.15, 0.2) is 0 Å². The van der Waals surface area contributed by atoms with Gasteiger partial charge in [0.1, 0.15) is 24.7 Å². The van der Waals surface area contributed by atoms with Crippen LogP contribution < -0.4 is 9.64 Å². The molecule has 2 aromatic carbocycles. The maximum absolute atomic E-state index is 13.8. The Morgan fingerprint density at radius 1 is 1.19 bits per heavy atom. The number of aromatic nitrogens is 2. The molecule has 36 heavy (non-hydrogen) atoms. The minimum Gasteiger partial charge on any atom is -0.492 e. The molecule has 5 rings (SSSR count). The van der Waals surface area contributed by atoms with Gasteiger partial charge in [0.05, 0.1) is 11.6 Å². The molecule has 2 atom stereocenters. The lowest BCUT2D eigenvalue weighted by Gasteiger charge is -2.35. The number of ether oxygens (including phenoxy) is 1. The van der Waals surface area contributed by atoms with E-state index in [1.54, 1.807) is 21.9 Å². The molecule has 2 amide bonds. The smallest absolute Gasteiger partial charge is 0.242 e. The maximum atomic E-state index is 13.8. The van der Waals surface area contributed by atoms with Gasteiger partial charge in [0.25, 0.3) is 0 Å². The first kappa shape index (κ1) is 24.0. The number of amides is 2. The summed E-state index contributed by atoms with van der Waals surface area (Å²) in [4.78, 5) is 30.7. The number of carbonyl (C=O) groups is 2. The molecule has 2 heterocycles. The molecule has 0 radical (unpaired) electrons. The van der Waals surface area contributed by atoms with Crippen molar-refractivity contribution >= 4 is 17.5 Å². The number of anilines is 1. The van der Waals surface area contributed by atoms with Crippen molar-refractivity contribution in [2.24, 2.45) is 5.41 Å². The highest BCUT2D eigenvalue weighted by molar-refractivity contribution is 6.07. The Labute approximate surface area is 210 Å². The van der Waals surface area contributed by atoms with E-state index in [2.05, 4.69) is 5.10 Å². The SMILES string of the molecule is CCN(Cc1cnn(CC)c1C)C(=O)CN1C(=O)[C@@]2(COc3ccc(F)cc3)C[C@H]2c2ccccc21. The number of aryl methyl sites for hydroxylation is 1. The molecule has 0 unspecified atom stereocenters. The second-order valence-electron chi connectivity index (χ2n) is 9.58. The number of halogens is 1. The van der Waals surface area contributed by atoms with Gasteiger partial charge in [0.2, 0.25) is 11.8 Å². The second-order valence-corrected chi connectivity index (χ2v) is 9.58. The second kappa shape index (κ2) is 9.41. The molecular weight excluding hydrogens is 459 g/mol. The summed E-state index contributed by atoms with van der Waals surface area (Å²) in [5, 5.41) is 4.39. The van der Waals surface area contributed by atoms with Crippen LogP contribution in [-0.4, -0.2) is 46.2 Å². The van der Waals surface area contributed by atoms with Crippen molar-refractivity contribution < 1.29 is 18.7 Å². The Morgan fingerprint density at radius 2 is 1.94 bits per heavy atom. The molecule has 0 N–H and O–H groups in total. The summed E-state index contributed by atoms with van der Waals surface area (Å²) in [6.45, 7) is 7.89. The van der Waals surface area contributed by atoms with Crippen LogP contribution in [0, 0.1) is 18.2 Å². The minimum atomic E-state index is -0.709. The minimum absolute atomic E-state index is 0.0321. The number of hydrogen-bond acceptors (Lipinski definition) is 4. The van der Waals surface area contributed by atoms with Crippen LogP contribution in [0.3, 0.4) is 0 Å². The molecule has 8 heteroatoms. The van der Waals surface area contributed by atoms with Gasteiger partial charge in [-0.3, -0.25) is 14.3 Å². The van der Waals surface area contributed by atoms with Crippen molar-refractivity contribution in [3.8, 4) is 5.75 Å². The van der Waals surface area contributed by atoms with Gasteiger partial charge in [-0.25, -0.2) is 4.39 Å². The van der Waals surface area contributed by atoms with Crippen molar-refractivity contribution in [1.29, 1.82) is 0 Å². The zero-order chi connectivity index (χ0) is 25.4. The molecule has 188 valence electrons. The van der Waals surface area contributed by atoms with Gasteiger partial charge in [-0.1, -0.05) is 18.2 Å². The molecule has 1 aromatic heterocycles. The van der Waals surface area contributed by atoms with Gasteiger partial charge in [-0.2, -0.15) is 5.10 Å². The van der Waals surface area contributed by atoms with Crippen molar-refractivity contribution in [2.45, 2.75) is 46.2 Å². The topological polar surface area (TPSA) is 67.7 Å². The molecule has 1 aliphatic heterocycles. The Hall–Kier alpha value is -3.68. The quantitative estimate of drug-likeness (QED) is 0.449. The first-order valence-electron chi connectivity index (χ1n) is 12.5. The lowest BCUT2D eigenvalue weighted by atomic mass is 9.92. The fourth-order valence-electron chi connectivity index (χ4n) is 5.25. The molecular formula is C28H31FN4O3. The first-order chi connectivity index (χ1) is 17.4. The van der Waals surface area contributed by atoms with Crippen LogP contribution in [0.1, 0.15) is 43.0 Å². The highest BCUT2D eigenvalue weighted by Crippen LogP contribution is 2.65. The molecule has 0 saturated heterocycles. The summed E-state index contributed by atoms with van der Waals surface area (Å²) < 4.78 is 21.1. The van der Waals surface area contributed by atoms with Gasteiger partial charge < -0.3 is 14.5 Å². The summed E-state index contributed by atoms with van der Waals surface area (Å²) in [7, 11) is 0. The van der Waals surface area contributed by atoms with Crippen LogP contribution in [0.5, 0.6) is 5.75 Å². The summed E-state index contributed by atoms with van der Waals surface area (Å²) >= 11 is 0. The average molecular weight is 491 g/mol. The number of rotatable bonds is 9. The van der Waals surface area contributed by atoms with E-state index in [0.717, 1.165) is 29.1 Å². The predicted octanol–water partition coefficient (Wildman–Crippen LogP) is 4.30. The van der Waals surface area contributed by atoms with Crippen LogP contribution in [0.2, 0.25) is 0 Å². The van der Waals surface area contributed by atoms with E-state index < -0.39 is 5.41 Å². The van der Waals surface area contributed by atoms with E-state index in [-0.39, 0.29) is 36.7 Å². The maximum Gasteiger partial charge on any atom is 0.242 e. The number of para-hydroxylation sites is 1. The van der Waals surface area contributed by atoms with Gasteiger partial charge >= 0.3 is 0 Å². The van der Waals surface area contributed by atoms with E-state index in [4.69, 9.17) is 4.74 Å². The Morgan fingerprint density at radius 3 is 2.64 bits per heavy atom. The van der Waals surface area contributed by atoms with Crippen LogP contribution >= 0.6 is 0 Å². The number of carbonyl (C=O) groups excluding carboxylic acids is 2. The molecule has 0 bridgehead atoms. The number of benzene rings is 2. The van der Waals surface area contributed by atoms with E-state index in [9.17, 15) is 14.0 Å². The Balaban J connectivity index is 1.36. The molecule has 1 saturated carbocycles. The first-order valence-corrected chi connectivity index (χ1v) is 12.5. The van der Waals surface area contributed by atoms with E-state index in [0.29, 0.717) is 25.3 Å². The lowest BCUT2D eigenvalue weighted by molar-refractivity contribution is -0.133. The van der Waals surface area contributed by atoms with Crippen molar-refractivity contribution in [2.75, 3.05) is 24.6 Å². The van der Waals surface area contributed by atoms with Crippen LogP contribution in [0.15, 0.2) is 54.7 Å². The van der Waals surface area contributed by atoms with E-state index in [1.165, 1.54) is 12.1 Å². The monoisotopic (exact) mass is 490 g/mol. The largest absolute Gasteiger partial charge is 0.492 e. The molecule has 3 aromatic rings. The third-order valence-corrected chi connectivity index (χ3v) is 7.55. The summed E-state index contributed by atoms with van der Waals surface area (Å²) in [5.41, 5.74) is 3.20. The van der Waals surface area contributed by atoms with Gasteiger partial charge in [-0.15, -0.1) is 0 Å². The third kappa shape index (κ3) is 4.14. The highest BCUT2D eigenvalue weighted by Gasteiger charge is 2.66. The predicted molar refractivity (Wildman–Crippen MR) is 134 cm³/mol. The zero-order valence-corrected chi connectivity index (χ0v) is 20.9. The molecule has 0 spiro atoms. The number of nitrogens with zero attached hydrogens (tertiary/aromatic N) is 4. The van der Waals surface area contributed by atoms with Crippen LogP contribution in [0.4, 0.5) is 10.1 Å². The van der Waals surface area contributed by atoms with Crippen molar-refractivity contribution in [1.82, 2.24) is 14.7 Å². The standard InChI is InChI=1S/C28H31FN4O3/c1-4-31(16-20-15-30-33(5-2)19(20)3)26(34)17-32-25-9-7-6-8-23(25)24-14-28(24,27(32)35)18-36-22-12-10-21(29)11-13-22/h6-13,15,24H,4-5,14,16-18H2,1-3H3/t24-,28+/m0/s1. The van der Waals surface area contributed by atoms with Gasteiger partial charge in [0, 0.05) is 42.5 Å². The number of likely N-dealkylation sites (N-methyl/N-ethyl adjacent to an activating group) is 1. The molecule has 7 nitrogen and oxygen atoms in total.